The predicted molar refractivity (Wildman–Crippen MR) is 90.2 cm³/mol. The Bertz CT molecular complexity index is 496. The zero-order chi connectivity index (χ0) is 15.9. The monoisotopic (exact) mass is 304 g/mol. The Kier molecular flexibility index (Phi) is 6.25. The van der Waals surface area contributed by atoms with Gasteiger partial charge in [0.25, 0.3) is 0 Å². The fourth-order valence-electron chi connectivity index (χ4n) is 3.08. The minimum absolute atomic E-state index is 0.0481. The molecule has 0 aliphatic carbocycles. The highest BCUT2D eigenvalue weighted by atomic mass is 16.5. The molecule has 1 aromatic rings. The van der Waals surface area contributed by atoms with E-state index >= 15 is 0 Å². The topological polar surface area (TPSA) is 55.6 Å². The normalized spacial score (nSPS) is 16.6. The molecule has 0 radical (unpaired) electrons. The van der Waals surface area contributed by atoms with Crippen LogP contribution in [0.4, 0.5) is 5.69 Å². The summed E-state index contributed by atoms with van der Waals surface area (Å²) in [4.78, 5) is 14.7. The van der Waals surface area contributed by atoms with Gasteiger partial charge in [-0.05, 0) is 63.0 Å². The standard InChI is InChI=1S/C18H28N2O2/c1-14(12-15-7-8-16(19)18(13-15)22-2)17(21)6-5-11-20-9-3-4-10-20/h7-8,13-14H,3-6,9-12,19H2,1-2H3/t14-/m1/s1. The van der Waals surface area contributed by atoms with Crippen molar-refractivity contribution in [1.82, 2.24) is 4.90 Å². The lowest BCUT2D eigenvalue weighted by molar-refractivity contribution is -0.122. The second kappa shape index (κ2) is 8.18. The number of anilines is 1. The summed E-state index contributed by atoms with van der Waals surface area (Å²) in [6.45, 7) is 5.49. The van der Waals surface area contributed by atoms with E-state index in [-0.39, 0.29) is 5.92 Å². The highest BCUT2D eigenvalue weighted by Gasteiger charge is 2.16. The number of ketones is 1. The van der Waals surface area contributed by atoms with Crippen molar-refractivity contribution in [2.75, 3.05) is 32.5 Å². The zero-order valence-electron chi connectivity index (χ0n) is 13.8. The Morgan fingerprint density at radius 2 is 2.09 bits per heavy atom. The molecular formula is C18H28N2O2. The van der Waals surface area contributed by atoms with E-state index < -0.39 is 0 Å². The van der Waals surface area contributed by atoms with Crippen LogP contribution in [0, 0.1) is 5.92 Å². The van der Waals surface area contributed by atoms with E-state index in [1.54, 1.807) is 7.11 Å². The molecule has 0 aromatic heterocycles. The maximum absolute atomic E-state index is 12.3. The van der Waals surface area contributed by atoms with Crippen LogP contribution in [0.1, 0.15) is 38.2 Å². The highest BCUT2D eigenvalue weighted by Crippen LogP contribution is 2.24. The number of benzene rings is 1. The highest BCUT2D eigenvalue weighted by molar-refractivity contribution is 5.81. The predicted octanol–water partition coefficient (Wildman–Crippen LogP) is 2.90. The van der Waals surface area contributed by atoms with Crippen molar-refractivity contribution < 1.29 is 9.53 Å². The van der Waals surface area contributed by atoms with Gasteiger partial charge < -0.3 is 15.4 Å². The van der Waals surface area contributed by atoms with Gasteiger partial charge in [0.2, 0.25) is 0 Å². The van der Waals surface area contributed by atoms with Crippen LogP contribution in [0.15, 0.2) is 18.2 Å². The summed E-state index contributed by atoms with van der Waals surface area (Å²) in [6, 6.07) is 5.76. The first-order valence-electron chi connectivity index (χ1n) is 8.27. The first kappa shape index (κ1) is 16.8. The van der Waals surface area contributed by atoms with Crippen molar-refractivity contribution in [1.29, 1.82) is 0 Å². The Hall–Kier alpha value is -1.55. The molecule has 0 unspecified atom stereocenters. The number of ether oxygens (including phenoxy) is 1. The Morgan fingerprint density at radius 3 is 2.77 bits per heavy atom. The first-order chi connectivity index (χ1) is 10.6. The van der Waals surface area contributed by atoms with Gasteiger partial charge >= 0.3 is 0 Å². The quantitative estimate of drug-likeness (QED) is 0.750. The molecule has 1 fully saturated rings. The van der Waals surface area contributed by atoms with E-state index in [0.717, 1.165) is 24.9 Å². The van der Waals surface area contributed by atoms with Crippen LogP contribution in [0.5, 0.6) is 5.75 Å². The summed E-state index contributed by atoms with van der Waals surface area (Å²) < 4.78 is 5.23. The lowest BCUT2D eigenvalue weighted by Gasteiger charge is -2.15. The van der Waals surface area contributed by atoms with E-state index in [1.807, 2.05) is 25.1 Å². The lowest BCUT2D eigenvalue weighted by Crippen LogP contribution is -2.22. The number of Topliss-reactive ketones (excluding diaryl/α,β-unsaturated/α-hetero) is 1. The molecule has 1 aliphatic rings. The summed E-state index contributed by atoms with van der Waals surface area (Å²) in [5.74, 6) is 1.09. The number of hydrogen-bond acceptors (Lipinski definition) is 4. The molecule has 1 saturated heterocycles. The molecule has 2 N–H and O–H groups in total. The molecule has 1 atom stereocenters. The van der Waals surface area contributed by atoms with Crippen LogP contribution in [-0.4, -0.2) is 37.4 Å². The van der Waals surface area contributed by atoms with Gasteiger partial charge in [0.05, 0.1) is 12.8 Å². The Balaban J connectivity index is 1.77. The van der Waals surface area contributed by atoms with Crippen LogP contribution in [0.3, 0.4) is 0 Å². The molecule has 2 rings (SSSR count). The third-order valence-corrected chi connectivity index (χ3v) is 4.49. The Labute approximate surface area is 133 Å². The van der Waals surface area contributed by atoms with Crippen molar-refractivity contribution in [3.63, 3.8) is 0 Å². The number of methoxy groups -OCH3 is 1. The van der Waals surface area contributed by atoms with Crippen LogP contribution in [0.2, 0.25) is 0 Å². The van der Waals surface area contributed by atoms with E-state index in [4.69, 9.17) is 10.5 Å². The third-order valence-electron chi connectivity index (χ3n) is 4.49. The fraction of sp³-hybridized carbons (Fsp3) is 0.611. The van der Waals surface area contributed by atoms with Crippen LogP contribution < -0.4 is 10.5 Å². The smallest absolute Gasteiger partial charge is 0.142 e. The second-order valence-corrected chi connectivity index (χ2v) is 6.30. The number of rotatable bonds is 8. The summed E-state index contributed by atoms with van der Waals surface area (Å²) >= 11 is 0. The summed E-state index contributed by atoms with van der Waals surface area (Å²) in [5.41, 5.74) is 7.56. The first-order valence-corrected chi connectivity index (χ1v) is 8.27. The summed E-state index contributed by atoms with van der Waals surface area (Å²) in [7, 11) is 1.61. The molecule has 1 heterocycles. The minimum atomic E-state index is 0.0481. The number of likely N-dealkylation sites (tertiary alicyclic amines) is 1. The van der Waals surface area contributed by atoms with Crippen molar-refractivity contribution >= 4 is 11.5 Å². The van der Waals surface area contributed by atoms with Crippen LogP contribution in [-0.2, 0) is 11.2 Å². The average Bonchev–Trinajstić information content (AvgIpc) is 3.02. The van der Waals surface area contributed by atoms with Gasteiger partial charge in [-0.25, -0.2) is 0 Å². The van der Waals surface area contributed by atoms with Crippen molar-refractivity contribution in [2.24, 2.45) is 5.92 Å². The number of carbonyl (C=O) groups excluding carboxylic acids is 1. The Morgan fingerprint density at radius 1 is 1.36 bits per heavy atom. The van der Waals surface area contributed by atoms with Gasteiger partial charge in [-0.2, -0.15) is 0 Å². The molecule has 0 bridgehead atoms. The van der Waals surface area contributed by atoms with E-state index in [2.05, 4.69) is 4.90 Å². The van der Waals surface area contributed by atoms with E-state index in [0.29, 0.717) is 23.6 Å². The maximum Gasteiger partial charge on any atom is 0.142 e. The third kappa shape index (κ3) is 4.73. The maximum atomic E-state index is 12.3. The van der Waals surface area contributed by atoms with Gasteiger partial charge in [0.1, 0.15) is 11.5 Å². The van der Waals surface area contributed by atoms with Gasteiger partial charge in [0.15, 0.2) is 0 Å². The SMILES string of the molecule is COc1cc(C[C@@H](C)C(=O)CCCN2CCCC2)ccc1N. The van der Waals surface area contributed by atoms with Gasteiger partial charge in [-0.1, -0.05) is 13.0 Å². The molecule has 22 heavy (non-hydrogen) atoms. The van der Waals surface area contributed by atoms with Crippen molar-refractivity contribution in [3.8, 4) is 5.75 Å². The molecule has 4 heteroatoms. The zero-order valence-corrected chi connectivity index (χ0v) is 13.8. The molecule has 0 saturated carbocycles. The fourth-order valence-corrected chi connectivity index (χ4v) is 3.08. The molecular weight excluding hydrogens is 276 g/mol. The van der Waals surface area contributed by atoms with Gasteiger partial charge in [-0.3, -0.25) is 4.79 Å². The van der Waals surface area contributed by atoms with Crippen molar-refractivity contribution in [2.45, 2.75) is 39.0 Å². The average molecular weight is 304 g/mol. The number of hydrogen-bond donors (Lipinski definition) is 1. The molecule has 122 valence electrons. The number of nitrogens with zero attached hydrogens (tertiary/aromatic N) is 1. The summed E-state index contributed by atoms with van der Waals surface area (Å²) in [6.07, 6.45) is 5.03. The van der Waals surface area contributed by atoms with E-state index in [1.165, 1.54) is 25.9 Å². The van der Waals surface area contributed by atoms with Gasteiger partial charge in [-0.15, -0.1) is 0 Å². The number of nitrogen functional groups attached to an aromatic ring is 1. The van der Waals surface area contributed by atoms with Crippen LogP contribution >= 0.6 is 0 Å². The molecule has 0 amide bonds. The lowest BCUT2D eigenvalue weighted by atomic mass is 9.94. The molecule has 4 nitrogen and oxygen atoms in total. The summed E-state index contributed by atoms with van der Waals surface area (Å²) in [5, 5.41) is 0. The number of carbonyl (C=O) groups is 1. The molecule has 1 aliphatic heterocycles. The van der Waals surface area contributed by atoms with Crippen molar-refractivity contribution in [3.05, 3.63) is 23.8 Å². The van der Waals surface area contributed by atoms with Crippen LogP contribution in [0.25, 0.3) is 0 Å². The molecule has 0 spiro atoms. The van der Waals surface area contributed by atoms with E-state index in [9.17, 15) is 4.79 Å². The van der Waals surface area contributed by atoms with Gasteiger partial charge in [0, 0.05) is 12.3 Å². The molecule has 1 aromatic carbocycles. The number of nitrogens with two attached hydrogens (primary N) is 1. The second-order valence-electron chi connectivity index (χ2n) is 6.30. The largest absolute Gasteiger partial charge is 0.495 e. The minimum Gasteiger partial charge on any atom is -0.495 e.